The highest BCUT2D eigenvalue weighted by atomic mass is 32.1. The van der Waals surface area contributed by atoms with Crippen molar-refractivity contribution in [1.82, 2.24) is 14.9 Å². The SMILES string of the molecule is O=C(O)c1cccc(-n2cccc2[C@H]2[C@H](c3ccccn3)NC(=S)N2c2ccc(Oc3ccccc3)cc2)c1. The average Bonchev–Trinajstić information content (AvgIpc) is 3.59. The molecular weight excluding hydrogens is 508 g/mol. The van der Waals surface area contributed by atoms with Crippen LogP contribution in [0.5, 0.6) is 11.5 Å². The van der Waals surface area contributed by atoms with Crippen molar-refractivity contribution in [3.63, 3.8) is 0 Å². The van der Waals surface area contributed by atoms with Gasteiger partial charge in [0, 0.05) is 29.5 Å². The second-order valence-electron chi connectivity index (χ2n) is 9.06. The summed E-state index contributed by atoms with van der Waals surface area (Å²) >= 11 is 5.87. The van der Waals surface area contributed by atoms with Gasteiger partial charge in [-0.1, -0.05) is 30.3 Å². The van der Waals surface area contributed by atoms with Crippen LogP contribution in [-0.4, -0.2) is 25.7 Å². The molecule has 0 bridgehead atoms. The highest BCUT2D eigenvalue weighted by Gasteiger charge is 2.42. The van der Waals surface area contributed by atoms with E-state index in [1.165, 1.54) is 0 Å². The molecule has 192 valence electrons. The average molecular weight is 533 g/mol. The van der Waals surface area contributed by atoms with Crippen LogP contribution in [0.3, 0.4) is 0 Å². The minimum atomic E-state index is -0.972. The van der Waals surface area contributed by atoms with E-state index in [4.69, 9.17) is 17.0 Å². The number of carboxylic acids is 1. The van der Waals surface area contributed by atoms with E-state index in [0.29, 0.717) is 5.11 Å². The van der Waals surface area contributed by atoms with E-state index in [2.05, 4.69) is 15.2 Å². The van der Waals surface area contributed by atoms with Gasteiger partial charge in [-0.05, 0) is 91.1 Å². The first-order valence-electron chi connectivity index (χ1n) is 12.4. The van der Waals surface area contributed by atoms with E-state index in [0.717, 1.165) is 34.3 Å². The third kappa shape index (κ3) is 4.85. The molecule has 0 aliphatic carbocycles. The topological polar surface area (TPSA) is 79.6 Å². The molecule has 0 amide bonds. The molecule has 1 aliphatic rings. The zero-order chi connectivity index (χ0) is 26.8. The summed E-state index contributed by atoms with van der Waals surface area (Å²) in [5, 5.41) is 13.6. The number of benzene rings is 3. The fourth-order valence-electron chi connectivity index (χ4n) is 4.89. The predicted molar refractivity (Wildman–Crippen MR) is 154 cm³/mol. The highest BCUT2D eigenvalue weighted by Crippen LogP contribution is 2.42. The summed E-state index contributed by atoms with van der Waals surface area (Å²) in [5.41, 5.74) is 3.65. The molecule has 7 nitrogen and oxygen atoms in total. The first-order valence-corrected chi connectivity index (χ1v) is 12.8. The number of aromatic nitrogens is 2. The number of carbonyl (C=O) groups is 1. The molecule has 6 rings (SSSR count). The van der Waals surface area contributed by atoms with Crippen LogP contribution in [0.25, 0.3) is 5.69 Å². The molecule has 8 heteroatoms. The molecule has 1 aliphatic heterocycles. The highest BCUT2D eigenvalue weighted by molar-refractivity contribution is 7.80. The second kappa shape index (κ2) is 10.4. The molecule has 3 aromatic carbocycles. The van der Waals surface area contributed by atoms with Gasteiger partial charge in [0.1, 0.15) is 17.5 Å². The number of nitrogens with one attached hydrogen (secondary N) is 1. The Morgan fingerprint density at radius 3 is 2.36 bits per heavy atom. The number of pyridine rings is 1. The summed E-state index contributed by atoms with van der Waals surface area (Å²) in [6, 6.07) is 33.6. The van der Waals surface area contributed by atoms with Gasteiger partial charge in [0.15, 0.2) is 5.11 Å². The number of thiocarbonyl (C=S) groups is 1. The summed E-state index contributed by atoms with van der Waals surface area (Å²) in [5.74, 6) is 0.507. The number of ether oxygens (including phenoxy) is 1. The Kier molecular flexibility index (Phi) is 6.52. The smallest absolute Gasteiger partial charge is 0.335 e. The fourth-order valence-corrected chi connectivity index (χ4v) is 5.24. The number of hydrogen-bond donors (Lipinski definition) is 2. The molecule has 5 aromatic rings. The van der Waals surface area contributed by atoms with Crippen molar-refractivity contribution in [2.75, 3.05) is 4.90 Å². The number of aromatic carboxylic acids is 1. The molecule has 3 heterocycles. The molecule has 1 saturated heterocycles. The monoisotopic (exact) mass is 532 g/mol. The first kappa shape index (κ1) is 24.4. The summed E-state index contributed by atoms with van der Waals surface area (Å²) in [7, 11) is 0. The van der Waals surface area contributed by atoms with Gasteiger partial charge in [0.2, 0.25) is 0 Å². The standard InChI is InChI=1S/C31H24N4O3S/c36-30(37)21-8-6-9-23(20-21)34-19-7-13-27(34)29-28(26-12-4-5-18-32-26)33-31(39)35(29)22-14-16-25(17-15-22)38-24-10-2-1-3-11-24/h1-20,28-29H,(H,33,39)(H,36,37)/t28-,29-/m0/s1. The largest absolute Gasteiger partial charge is 0.478 e. The second-order valence-corrected chi connectivity index (χ2v) is 9.45. The van der Waals surface area contributed by atoms with E-state index in [1.807, 2.05) is 102 Å². The number of hydrogen-bond acceptors (Lipinski definition) is 4. The maximum Gasteiger partial charge on any atom is 0.335 e. The maximum absolute atomic E-state index is 11.7. The van der Waals surface area contributed by atoms with Crippen LogP contribution < -0.4 is 15.0 Å². The van der Waals surface area contributed by atoms with Crippen molar-refractivity contribution in [3.05, 3.63) is 139 Å². The van der Waals surface area contributed by atoms with Gasteiger partial charge in [-0.2, -0.15) is 0 Å². The van der Waals surface area contributed by atoms with Crippen molar-refractivity contribution in [3.8, 4) is 17.2 Å². The fraction of sp³-hybridized carbons (Fsp3) is 0.0645. The number of para-hydroxylation sites is 1. The Hall–Kier alpha value is -4.95. The molecule has 2 N–H and O–H groups in total. The van der Waals surface area contributed by atoms with Gasteiger partial charge in [0.05, 0.1) is 17.3 Å². The van der Waals surface area contributed by atoms with Crippen LogP contribution in [0.2, 0.25) is 0 Å². The van der Waals surface area contributed by atoms with E-state index in [1.54, 1.807) is 24.4 Å². The van der Waals surface area contributed by atoms with Gasteiger partial charge >= 0.3 is 5.97 Å². The third-order valence-corrected chi connectivity index (χ3v) is 6.96. The lowest BCUT2D eigenvalue weighted by molar-refractivity contribution is 0.0697. The molecule has 0 saturated carbocycles. The van der Waals surface area contributed by atoms with Gasteiger partial charge < -0.3 is 24.6 Å². The van der Waals surface area contributed by atoms with Crippen molar-refractivity contribution >= 4 is 29.0 Å². The Balaban J connectivity index is 1.41. The zero-order valence-electron chi connectivity index (χ0n) is 20.7. The number of anilines is 1. The molecule has 2 atom stereocenters. The molecule has 39 heavy (non-hydrogen) atoms. The Labute approximate surface area is 230 Å². The molecule has 2 aromatic heterocycles. The van der Waals surface area contributed by atoms with Crippen LogP contribution in [-0.2, 0) is 0 Å². The van der Waals surface area contributed by atoms with Crippen LogP contribution in [0.4, 0.5) is 5.69 Å². The summed E-state index contributed by atoms with van der Waals surface area (Å²) < 4.78 is 7.99. The van der Waals surface area contributed by atoms with Gasteiger partial charge in [-0.25, -0.2) is 4.79 Å². The van der Waals surface area contributed by atoms with Crippen LogP contribution in [0, 0.1) is 0 Å². The summed E-state index contributed by atoms with van der Waals surface area (Å²) in [6.45, 7) is 0. The third-order valence-electron chi connectivity index (χ3n) is 6.65. The van der Waals surface area contributed by atoms with Crippen molar-refractivity contribution in [2.24, 2.45) is 0 Å². The lowest BCUT2D eigenvalue weighted by Gasteiger charge is -2.29. The first-order chi connectivity index (χ1) is 19.1. The van der Waals surface area contributed by atoms with E-state index >= 15 is 0 Å². The van der Waals surface area contributed by atoms with Crippen molar-refractivity contribution in [2.45, 2.75) is 12.1 Å². The quantitative estimate of drug-likeness (QED) is 0.230. The molecular formula is C31H24N4O3S. The zero-order valence-corrected chi connectivity index (χ0v) is 21.5. The van der Waals surface area contributed by atoms with Gasteiger partial charge in [0.25, 0.3) is 0 Å². The molecule has 1 fully saturated rings. The van der Waals surface area contributed by atoms with Crippen LogP contribution >= 0.6 is 12.2 Å². The minimum absolute atomic E-state index is 0.222. The molecule has 0 spiro atoms. The molecule has 0 unspecified atom stereocenters. The van der Waals surface area contributed by atoms with Gasteiger partial charge in [-0.3, -0.25) is 4.98 Å². The van der Waals surface area contributed by atoms with Crippen molar-refractivity contribution in [1.29, 1.82) is 0 Å². The lowest BCUT2D eigenvalue weighted by Crippen LogP contribution is -2.30. The van der Waals surface area contributed by atoms with E-state index in [9.17, 15) is 9.90 Å². The van der Waals surface area contributed by atoms with Gasteiger partial charge in [-0.15, -0.1) is 0 Å². The number of carboxylic acid groups (broad SMARTS) is 1. The Bertz CT molecular complexity index is 1620. The van der Waals surface area contributed by atoms with Crippen LogP contribution in [0.1, 0.15) is 33.8 Å². The van der Waals surface area contributed by atoms with Crippen molar-refractivity contribution < 1.29 is 14.6 Å². The lowest BCUT2D eigenvalue weighted by atomic mass is 10.0. The molecule has 0 radical (unpaired) electrons. The number of rotatable bonds is 7. The predicted octanol–water partition coefficient (Wildman–Crippen LogP) is 6.54. The Morgan fingerprint density at radius 2 is 1.62 bits per heavy atom. The minimum Gasteiger partial charge on any atom is -0.478 e. The van der Waals surface area contributed by atoms with Crippen LogP contribution in [0.15, 0.2) is 122 Å². The Morgan fingerprint density at radius 1 is 0.846 bits per heavy atom. The summed E-state index contributed by atoms with van der Waals surface area (Å²) in [6.07, 6.45) is 3.70. The summed E-state index contributed by atoms with van der Waals surface area (Å²) in [4.78, 5) is 18.4. The van der Waals surface area contributed by atoms with E-state index in [-0.39, 0.29) is 17.6 Å². The normalized spacial score (nSPS) is 16.6. The maximum atomic E-state index is 11.7. The number of nitrogens with zero attached hydrogens (tertiary/aromatic N) is 3. The van der Waals surface area contributed by atoms with E-state index < -0.39 is 5.97 Å².